The van der Waals surface area contributed by atoms with E-state index in [1.165, 1.54) is 6.07 Å². The van der Waals surface area contributed by atoms with Gasteiger partial charge in [-0.25, -0.2) is 0 Å². The third-order valence-corrected chi connectivity index (χ3v) is 5.93. The second-order valence-electron chi connectivity index (χ2n) is 8.49. The van der Waals surface area contributed by atoms with Crippen LogP contribution in [-0.2, 0) is 11.0 Å². The van der Waals surface area contributed by atoms with Gasteiger partial charge in [0.15, 0.2) is 5.78 Å². The standard InChI is InChI=1S/C25H27F3N2O3/c1-16-9-11-17(12-10-16)24(33)30-22-8-3-2-5-18(22)14-21(31)15-29-23(32)19-6-4-7-20(13-19)25(26,27)28/h4,6-7,9-13,18,22H,2-3,5,8,14-15H2,1H3,(H,29,32)(H,30,33)/t18-,22-/m1/s1. The summed E-state index contributed by atoms with van der Waals surface area (Å²) < 4.78 is 38.5. The van der Waals surface area contributed by atoms with Gasteiger partial charge in [-0.3, -0.25) is 14.4 Å². The number of nitrogens with one attached hydrogen (secondary N) is 2. The number of hydrogen-bond donors (Lipinski definition) is 2. The molecule has 2 amide bonds. The van der Waals surface area contributed by atoms with E-state index in [9.17, 15) is 27.6 Å². The van der Waals surface area contributed by atoms with Crippen LogP contribution in [0.5, 0.6) is 0 Å². The van der Waals surface area contributed by atoms with Crippen LogP contribution in [0.3, 0.4) is 0 Å². The van der Waals surface area contributed by atoms with Crippen molar-refractivity contribution in [2.75, 3.05) is 6.54 Å². The molecule has 1 aliphatic rings. The normalized spacial score (nSPS) is 18.4. The molecule has 0 heterocycles. The Balaban J connectivity index is 1.54. The maximum absolute atomic E-state index is 12.8. The molecule has 8 heteroatoms. The summed E-state index contributed by atoms with van der Waals surface area (Å²) in [7, 11) is 0. The Kier molecular flexibility index (Phi) is 7.89. The topological polar surface area (TPSA) is 75.3 Å². The number of ketones is 1. The molecule has 2 atom stereocenters. The second kappa shape index (κ2) is 10.6. The van der Waals surface area contributed by atoms with Crippen LogP contribution < -0.4 is 10.6 Å². The van der Waals surface area contributed by atoms with Crippen LogP contribution in [0, 0.1) is 12.8 Å². The molecule has 33 heavy (non-hydrogen) atoms. The van der Waals surface area contributed by atoms with Crippen LogP contribution in [0.25, 0.3) is 0 Å². The maximum Gasteiger partial charge on any atom is 0.416 e. The van der Waals surface area contributed by atoms with Gasteiger partial charge < -0.3 is 10.6 Å². The quantitative estimate of drug-likeness (QED) is 0.630. The largest absolute Gasteiger partial charge is 0.416 e. The minimum Gasteiger partial charge on any atom is -0.349 e. The van der Waals surface area contributed by atoms with Crippen LogP contribution in [0.4, 0.5) is 13.2 Å². The molecule has 0 aliphatic heterocycles. The summed E-state index contributed by atoms with van der Waals surface area (Å²) in [6, 6.07) is 11.2. The lowest BCUT2D eigenvalue weighted by Gasteiger charge is -2.32. The Bertz CT molecular complexity index is 1000. The molecule has 1 aliphatic carbocycles. The highest BCUT2D eigenvalue weighted by molar-refractivity contribution is 5.97. The van der Waals surface area contributed by atoms with Crippen molar-refractivity contribution in [2.24, 2.45) is 5.92 Å². The summed E-state index contributed by atoms with van der Waals surface area (Å²) in [4.78, 5) is 37.3. The first-order valence-electron chi connectivity index (χ1n) is 11.0. The molecule has 0 aromatic heterocycles. The lowest BCUT2D eigenvalue weighted by molar-refractivity contribution is -0.137. The fourth-order valence-corrected chi connectivity index (χ4v) is 4.08. The van der Waals surface area contributed by atoms with Crippen LogP contribution in [-0.4, -0.2) is 30.2 Å². The Morgan fingerprint density at radius 2 is 1.64 bits per heavy atom. The summed E-state index contributed by atoms with van der Waals surface area (Å²) in [6.45, 7) is 1.67. The highest BCUT2D eigenvalue weighted by Crippen LogP contribution is 2.30. The minimum atomic E-state index is -4.55. The van der Waals surface area contributed by atoms with Gasteiger partial charge in [0.2, 0.25) is 0 Å². The molecule has 176 valence electrons. The Hall–Kier alpha value is -3.16. The van der Waals surface area contributed by atoms with Crippen molar-refractivity contribution in [3.8, 4) is 0 Å². The molecule has 3 rings (SSSR count). The summed E-state index contributed by atoms with van der Waals surface area (Å²) >= 11 is 0. The Morgan fingerprint density at radius 1 is 0.939 bits per heavy atom. The van der Waals surface area contributed by atoms with Gasteiger partial charge in [0.1, 0.15) is 0 Å². The SMILES string of the molecule is Cc1ccc(C(=O)N[C@@H]2CCCC[C@@H]2CC(=O)CNC(=O)c2cccc(C(F)(F)F)c2)cc1. The van der Waals surface area contributed by atoms with E-state index < -0.39 is 17.6 Å². The van der Waals surface area contributed by atoms with Crippen molar-refractivity contribution in [3.63, 3.8) is 0 Å². The number of carbonyl (C=O) groups is 3. The fraction of sp³-hybridized carbons (Fsp3) is 0.400. The molecular weight excluding hydrogens is 433 g/mol. The van der Waals surface area contributed by atoms with Crippen molar-refractivity contribution in [3.05, 3.63) is 70.8 Å². The molecule has 0 saturated heterocycles. The van der Waals surface area contributed by atoms with Gasteiger partial charge in [-0.15, -0.1) is 0 Å². The maximum atomic E-state index is 12.8. The van der Waals surface area contributed by atoms with E-state index in [0.29, 0.717) is 5.56 Å². The van der Waals surface area contributed by atoms with Gasteiger partial charge in [0, 0.05) is 23.6 Å². The first-order valence-corrected chi connectivity index (χ1v) is 11.0. The Labute approximate surface area is 190 Å². The van der Waals surface area contributed by atoms with Crippen molar-refractivity contribution in [1.82, 2.24) is 10.6 Å². The van der Waals surface area contributed by atoms with Gasteiger partial charge in [-0.2, -0.15) is 13.2 Å². The van der Waals surface area contributed by atoms with Gasteiger partial charge >= 0.3 is 6.18 Å². The molecule has 0 spiro atoms. The molecule has 5 nitrogen and oxygen atoms in total. The van der Waals surface area contributed by atoms with Crippen molar-refractivity contribution < 1.29 is 27.6 Å². The van der Waals surface area contributed by atoms with E-state index >= 15 is 0 Å². The number of Topliss-reactive ketones (excluding diaryl/α,β-unsaturated/α-hetero) is 1. The number of alkyl halides is 3. The number of hydrogen-bond acceptors (Lipinski definition) is 3. The molecule has 0 bridgehead atoms. The lowest BCUT2D eigenvalue weighted by atomic mass is 9.81. The molecule has 1 saturated carbocycles. The number of carbonyl (C=O) groups excluding carboxylic acids is 3. The van der Waals surface area contributed by atoms with Crippen molar-refractivity contribution in [2.45, 2.75) is 51.2 Å². The molecule has 1 fully saturated rings. The number of rotatable bonds is 7. The van der Waals surface area contributed by atoms with E-state index in [2.05, 4.69) is 10.6 Å². The number of aryl methyl sites for hydroxylation is 1. The van der Waals surface area contributed by atoms with E-state index in [0.717, 1.165) is 49.4 Å². The van der Waals surface area contributed by atoms with E-state index in [1.807, 2.05) is 19.1 Å². The zero-order chi connectivity index (χ0) is 24.0. The first-order chi connectivity index (χ1) is 15.6. The number of halogens is 3. The summed E-state index contributed by atoms with van der Waals surface area (Å²) in [5.41, 5.74) is 0.541. The zero-order valence-corrected chi connectivity index (χ0v) is 18.4. The molecule has 0 unspecified atom stereocenters. The van der Waals surface area contributed by atoms with Gasteiger partial charge in [0.25, 0.3) is 11.8 Å². The average Bonchev–Trinajstić information content (AvgIpc) is 2.78. The molecule has 0 radical (unpaired) electrons. The van der Waals surface area contributed by atoms with Crippen LogP contribution in [0.2, 0.25) is 0 Å². The summed E-state index contributed by atoms with van der Waals surface area (Å²) in [6.07, 6.45) is -0.910. The predicted molar refractivity (Wildman–Crippen MR) is 118 cm³/mol. The highest BCUT2D eigenvalue weighted by Gasteiger charge is 2.31. The highest BCUT2D eigenvalue weighted by atomic mass is 19.4. The van der Waals surface area contributed by atoms with E-state index in [1.54, 1.807) is 12.1 Å². The monoisotopic (exact) mass is 460 g/mol. The molecule has 2 aromatic rings. The second-order valence-corrected chi connectivity index (χ2v) is 8.49. The molecule has 2 aromatic carbocycles. The average molecular weight is 460 g/mol. The van der Waals surface area contributed by atoms with Crippen molar-refractivity contribution >= 4 is 17.6 Å². The minimum absolute atomic E-state index is 0.0499. The van der Waals surface area contributed by atoms with E-state index in [-0.39, 0.29) is 42.2 Å². The van der Waals surface area contributed by atoms with Gasteiger partial charge in [-0.05, 0) is 56.0 Å². The van der Waals surface area contributed by atoms with Crippen LogP contribution in [0.15, 0.2) is 48.5 Å². The summed E-state index contributed by atoms with van der Waals surface area (Å²) in [5.74, 6) is -1.19. The smallest absolute Gasteiger partial charge is 0.349 e. The van der Waals surface area contributed by atoms with Gasteiger partial charge in [0.05, 0.1) is 12.1 Å². The Morgan fingerprint density at radius 3 is 2.33 bits per heavy atom. The van der Waals surface area contributed by atoms with Crippen molar-refractivity contribution in [1.29, 1.82) is 0 Å². The summed E-state index contributed by atoms with van der Waals surface area (Å²) in [5, 5.41) is 5.45. The zero-order valence-electron chi connectivity index (χ0n) is 18.4. The number of benzene rings is 2. The third-order valence-electron chi connectivity index (χ3n) is 5.93. The number of amides is 2. The lowest BCUT2D eigenvalue weighted by Crippen LogP contribution is -2.43. The van der Waals surface area contributed by atoms with E-state index in [4.69, 9.17) is 0 Å². The fourth-order valence-electron chi connectivity index (χ4n) is 4.08. The first kappa shape index (κ1) is 24.5. The molecule has 2 N–H and O–H groups in total. The molecular formula is C25H27F3N2O3. The predicted octanol–water partition coefficient (Wildman–Crippen LogP) is 4.69. The van der Waals surface area contributed by atoms with Gasteiger partial charge in [-0.1, -0.05) is 36.6 Å². The van der Waals surface area contributed by atoms with Crippen LogP contribution >= 0.6 is 0 Å². The van der Waals surface area contributed by atoms with Crippen LogP contribution in [0.1, 0.15) is 63.9 Å². The third kappa shape index (κ3) is 6.91.